The summed E-state index contributed by atoms with van der Waals surface area (Å²) in [4.78, 5) is 12.3. The van der Waals surface area contributed by atoms with Crippen molar-refractivity contribution in [2.45, 2.75) is 40.8 Å². The number of carbonyl (C=O) groups is 1. The van der Waals surface area contributed by atoms with Gasteiger partial charge in [0.25, 0.3) is 0 Å². The van der Waals surface area contributed by atoms with E-state index in [0.29, 0.717) is 23.7 Å². The molecule has 0 aliphatic carbocycles. The Balaban J connectivity index is 1.62. The lowest BCUT2D eigenvalue weighted by Crippen LogP contribution is -2.01. The first-order valence-corrected chi connectivity index (χ1v) is 9.01. The number of nitrogens with zero attached hydrogens (tertiary/aromatic N) is 2. The van der Waals surface area contributed by atoms with Crippen LogP contribution in [0.5, 0.6) is 5.75 Å². The van der Waals surface area contributed by atoms with Crippen molar-refractivity contribution < 1.29 is 13.9 Å². The molecule has 0 saturated heterocycles. The number of rotatable bonds is 7. The van der Waals surface area contributed by atoms with E-state index in [1.165, 1.54) is 6.08 Å². The predicted molar refractivity (Wildman–Crippen MR) is 105 cm³/mol. The van der Waals surface area contributed by atoms with Crippen LogP contribution in [0.25, 0.3) is 6.08 Å². The Morgan fingerprint density at radius 2 is 1.93 bits per heavy atom. The number of benzene rings is 1. The smallest absolute Gasteiger partial charge is 0.189 e. The number of allylic oxidation sites excluding steroid dienone is 1. The van der Waals surface area contributed by atoms with Crippen LogP contribution in [0, 0.1) is 20.8 Å². The molecule has 0 atom stereocenters. The molecule has 2 aromatic heterocycles. The number of hydrogen-bond donors (Lipinski definition) is 0. The second-order valence-electron chi connectivity index (χ2n) is 6.57. The molecule has 5 nitrogen and oxygen atoms in total. The van der Waals surface area contributed by atoms with Gasteiger partial charge < -0.3 is 9.15 Å². The molecule has 0 amide bonds. The summed E-state index contributed by atoms with van der Waals surface area (Å²) in [6.45, 7) is 9.05. The summed E-state index contributed by atoms with van der Waals surface area (Å²) in [5, 5.41) is 4.20. The first-order valence-electron chi connectivity index (χ1n) is 9.01. The molecule has 0 saturated carbocycles. The topological polar surface area (TPSA) is 57.3 Å². The summed E-state index contributed by atoms with van der Waals surface area (Å²) >= 11 is 0. The van der Waals surface area contributed by atoms with E-state index in [2.05, 4.69) is 11.2 Å². The van der Waals surface area contributed by atoms with Crippen molar-refractivity contribution in [2.75, 3.05) is 0 Å². The second kappa shape index (κ2) is 8.08. The molecular formula is C22H24N2O3. The van der Waals surface area contributed by atoms with Crippen molar-refractivity contribution in [3.8, 4) is 5.75 Å². The summed E-state index contributed by atoms with van der Waals surface area (Å²) in [7, 11) is 0. The van der Waals surface area contributed by atoms with Gasteiger partial charge in [0.1, 0.15) is 23.9 Å². The molecule has 0 radical (unpaired) electrons. The molecule has 0 spiro atoms. The van der Waals surface area contributed by atoms with Crippen LogP contribution in [0.2, 0.25) is 0 Å². The Hall–Kier alpha value is -3.08. The number of hydrogen-bond acceptors (Lipinski definition) is 4. The monoisotopic (exact) mass is 364 g/mol. The lowest BCUT2D eigenvalue weighted by atomic mass is 10.1. The molecular weight excluding hydrogens is 340 g/mol. The van der Waals surface area contributed by atoms with E-state index in [4.69, 9.17) is 9.15 Å². The van der Waals surface area contributed by atoms with Gasteiger partial charge in [0.05, 0.1) is 11.8 Å². The highest BCUT2D eigenvalue weighted by Crippen LogP contribution is 2.19. The van der Waals surface area contributed by atoms with Crippen LogP contribution in [0.1, 0.15) is 45.6 Å². The first-order chi connectivity index (χ1) is 13.0. The number of ketones is 1. The molecule has 27 heavy (non-hydrogen) atoms. The number of aromatic nitrogens is 2. The van der Waals surface area contributed by atoms with Gasteiger partial charge in [-0.25, -0.2) is 0 Å². The van der Waals surface area contributed by atoms with Gasteiger partial charge in [0.15, 0.2) is 5.78 Å². The minimum atomic E-state index is -0.0864. The quantitative estimate of drug-likeness (QED) is 0.442. The summed E-state index contributed by atoms with van der Waals surface area (Å²) in [5.74, 6) is 2.05. The van der Waals surface area contributed by atoms with Gasteiger partial charge in [-0.15, -0.1) is 0 Å². The zero-order valence-electron chi connectivity index (χ0n) is 16.2. The maximum Gasteiger partial charge on any atom is 0.189 e. The fraction of sp³-hybridized carbons (Fsp3) is 0.273. The first kappa shape index (κ1) is 18.7. The van der Waals surface area contributed by atoms with Crippen LogP contribution in [-0.4, -0.2) is 15.6 Å². The summed E-state index contributed by atoms with van der Waals surface area (Å²) < 4.78 is 13.3. The highest BCUT2D eigenvalue weighted by Gasteiger charge is 2.11. The Bertz CT molecular complexity index is 959. The van der Waals surface area contributed by atoms with Crippen LogP contribution in [-0.2, 0) is 13.2 Å². The molecule has 140 valence electrons. The molecule has 0 unspecified atom stereocenters. The van der Waals surface area contributed by atoms with Crippen molar-refractivity contribution in [3.63, 3.8) is 0 Å². The normalized spacial score (nSPS) is 11.3. The maximum atomic E-state index is 12.3. The molecule has 0 aliphatic heterocycles. The Morgan fingerprint density at radius 3 is 2.59 bits per heavy atom. The molecule has 0 fully saturated rings. The largest absolute Gasteiger partial charge is 0.486 e. The highest BCUT2D eigenvalue weighted by atomic mass is 16.5. The van der Waals surface area contributed by atoms with Gasteiger partial charge in [-0.2, -0.15) is 5.10 Å². The third kappa shape index (κ3) is 4.56. The van der Waals surface area contributed by atoms with E-state index >= 15 is 0 Å². The van der Waals surface area contributed by atoms with E-state index < -0.39 is 0 Å². The van der Waals surface area contributed by atoms with Crippen LogP contribution in [0.3, 0.4) is 0 Å². The molecule has 1 aromatic carbocycles. The van der Waals surface area contributed by atoms with Crippen molar-refractivity contribution in [3.05, 3.63) is 76.5 Å². The fourth-order valence-electron chi connectivity index (χ4n) is 2.99. The lowest BCUT2D eigenvalue weighted by Gasteiger charge is -2.06. The minimum Gasteiger partial charge on any atom is -0.486 e. The Kier molecular flexibility index (Phi) is 5.60. The molecule has 3 rings (SSSR count). The zero-order valence-corrected chi connectivity index (χ0v) is 16.2. The second-order valence-corrected chi connectivity index (χ2v) is 6.57. The van der Waals surface area contributed by atoms with Crippen LogP contribution in [0.15, 0.2) is 47.0 Å². The van der Waals surface area contributed by atoms with Crippen LogP contribution >= 0.6 is 0 Å². The van der Waals surface area contributed by atoms with Gasteiger partial charge in [-0.3, -0.25) is 9.48 Å². The van der Waals surface area contributed by atoms with Crippen molar-refractivity contribution in [2.24, 2.45) is 0 Å². The summed E-state index contributed by atoms with van der Waals surface area (Å²) in [6.07, 6.45) is 4.79. The average Bonchev–Trinajstić information content (AvgIpc) is 3.23. The number of carbonyl (C=O) groups excluding carboxylic acids is 1. The van der Waals surface area contributed by atoms with Crippen molar-refractivity contribution in [1.82, 2.24) is 9.78 Å². The van der Waals surface area contributed by atoms with E-state index in [1.54, 1.807) is 17.0 Å². The molecule has 5 heteroatoms. The number of aryl methyl sites for hydroxylation is 3. The molecule has 2 heterocycles. The van der Waals surface area contributed by atoms with Gasteiger partial charge >= 0.3 is 0 Å². The van der Waals surface area contributed by atoms with Crippen molar-refractivity contribution in [1.29, 1.82) is 0 Å². The Labute approximate surface area is 159 Å². The SMILES string of the molecule is CCn1ncc(C(=O)C=Cc2ccc(COc3cc(C)cc(C)c3)o2)c1C. The predicted octanol–water partition coefficient (Wildman–Crippen LogP) is 4.90. The molecule has 3 aromatic rings. The molecule has 0 aliphatic rings. The molecule has 0 bridgehead atoms. The summed E-state index contributed by atoms with van der Waals surface area (Å²) in [5.41, 5.74) is 3.80. The lowest BCUT2D eigenvalue weighted by molar-refractivity contribution is 0.104. The number of furan rings is 1. The van der Waals surface area contributed by atoms with Crippen LogP contribution in [0.4, 0.5) is 0 Å². The highest BCUT2D eigenvalue weighted by molar-refractivity contribution is 6.07. The Morgan fingerprint density at radius 1 is 1.19 bits per heavy atom. The van der Waals surface area contributed by atoms with Gasteiger partial charge in [-0.1, -0.05) is 6.07 Å². The fourth-order valence-corrected chi connectivity index (χ4v) is 2.99. The van der Waals surface area contributed by atoms with E-state index in [0.717, 1.165) is 29.1 Å². The standard InChI is InChI=1S/C22H24N2O3/c1-5-24-17(4)21(13-23-24)22(25)9-8-18-6-7-19(27-18)14-26-20-11-15(2)10-16(3)12-20/h6-13H,5,14H2,1-4H3. The molecule has 0 N–H and O–H groups in total. The van der Waals surface area contributed by atoms with E-state index in [1.807, 2.05) is 52.0 Å². The third-order valence-corrected chi connectivity index (χ3v) is 4.33. The van der Waals surface area contributed by atoms with Gasteiger partial charge in [0.2, 0.25) is 0 Å². The number of ether oxygens (including phenoxy) is 1. The van der Waals surface area contributed by atoms with Gasteiger partial charge in [0, 0.05) is 12.2 Å². The summed E-state index contributed by atoms with van der Waals surface area (Å²) in [6, 6.07) is 9.77. The minimum absolute atomic E-state index is 0.0864. The zero-order chi connectivity index (χ0) is 19.4. The van der Waals surface area contributed by atoms with Crippen LogP contribution < -0.4 is 4.74 Å². The van der Waals surface area contributed by atoms with Gasteiger partial charge in [-0.05, 0) is 75.2 Å². The maximum absolute atomic E-state index is 12.3. The average molecular weight is 364 g/mol. The van der Waals surface area contributed by atoms with E-state index in [-0.39, 0.29) is 5.78 Å². The van der Waals surface area contributed by atoms with E-state index in [9.17, 15) is 4.79 Å². The third-order valence-electron chi connectivity index (χ3n) is 4.33. The van der Waals surface area contributed by atoms with Crippen molar-refractivity contribution >= 4 is 11.9 Å².